The van der Waals surface area contributed by atoms with E-state index in [-0.39, 0.29) is 0 Å². The van der Waals surface area contributed by atoms with Crippen molar-refractivity contribution >= 4 is 31.9 Å². The third kappa shape index (κ3) is 3.48. The number of hydrogen-bond donors (Lipinski definition) is 1. The average Bonchev–Trinajstić information content (AvgIpc) is 2.80. The molecule has 1 N–H and O–H groups in total. The van der Waals surface area contributed by atoms with Gasteiger partial charge in [-0.05, 0) is 57.3 Å². The molecular weight excluding hydrogens is 386 g/mol. The molecule has 0 saturated heterocycles. The van der Waals surface area contributed by atoms with E-state index in [4.69, 9.17) is 0 Å². The largest absolute Gasteiger partial charge is 0.386 e. The van der Waals surface area contributed by atoms with Gasteiger partial charge in [0.05, 0.1) is 11.4 Å². The Morgan fingerprint density at radius 2 is 2.05 bits per heavy atom. The number of rotatable bonds is 5. The van der Waals surface area contributed by atoms with Gasteiger partial charge in [-0.15, -0.1) is 0 Å². The summed E-state index contributed by atoms with van der Waals surface area (Å²) in [5.41, 5.74) is 2.74. The van der Waals surface area contributed by atoms with E-state index in [1.165, 1.54) is 0 Å². The molecule has 0 amide bonds. The van der Waals surface area contributed by atoms with Gasteiger partial charge >= 0.3 is 0 Å². The highest BCUT2D eigenvalue weighted by molar-refractivity contribution is 9.11. The van der Waals surface area contributed by atoms with E-state index in [1.807, 2.05) is 10.7 Å². The number of nitrogens with zero attached hydrogens (tertiary/aromatic N) is 3. The Labute approximate surface area is 135 Å². The van der Waals surface area contributed by atoms with Crippen molar-refractivity contribution in [2.45, 2.75) is 39.3 Å². The number of hydrogen-bond acceptors (Lipinski definition) is 3. The Kier molecular flexibility index (Phi) is 5.35. The summed E-state index contributed by atoms with van der Waals surface area (Å²) in [6.45, 7) is 4.93. The maximum Gasteiger partial charge on any atom is 0.103 e. The standard InChI is InChI=1S/C14H17Br2N3O/c1-3-10-6-11(19(4-2)18-10)7-13(20)14-12(16)5-9(15)8-17-14/h5-6,8,13,20H,3-4,7H2,1-2H3. The SMILES string of the molecule is CCc1cc(CC(O)c2ncc(Br)cc2Br)n(CC)n1. The van der Waals surface area contributed by atoms with Gasteiger partial charge in [-0.1, -0.05) is 6.92 Å². The molecule has 0 saturated carbocycles. The fourth-order valence-corrected chi connectivity index (χ4v) is 3.34. The van der Waals surface area contributed by atoms with E-state index in [0.717, 1.165) is 33.3 Å². The molecule has 1 atom stereocenters. The molecule has 2 rings (SSSR count). The molecule has 0 radical (unpaired) electrons. The fourth-order valence-electron chi connectivity index (χ4n) is 2.09. The van der Waals surface area contributed by atoms with Crippen molar-refractivity contribution < 1.29 is 5.11 Å². The van der Waals surface area contributed by atoms with E-state index in [2.05, 4.69) is 61.9 Å². The van der Waals surface area contributed by atoms with Crippen LogP contribution in [0, 0.1) is 0 Å². The smallest absolute Gasteiger partial charge is 0.103 e. The van der Waals surface area contributed by atoms with E-state index >= 15 is 0 Å². The second-order valence-electron chi connectivity index (χ2n) is 4.54. The summed E-state index contributed by atoms with van der Waals surface area (Å²) in [7, 11) is 0. The topological polar surface area (TPSA) is 50.9 Å². The Morgan fingerprint density at radius 1 is 1.30 bits per heavy atom. The first-order valence-electron chi connectivity index (χ1n) is 6.59. The van der Waals surface area contributed by atoms with E-state index in [9.17, 15) is 5.11 Å². The van der Waals surface area contributed by atoms with Crippen LogP contribution in [-0.2, 0) is 19.4 Å². The quantitative estimate of drug-likeness (QED) is 0.830. The highest BCUT2D eigenvalue weighted by Gasteiger charge is 2.17. The lowest BCUT2D eigenvalue weighted by Gasteiger charge is -2.12. The van der Waals surface area contributed by atoms with Crippen molar-refractivity contribution in [3.8, 4) is 0 Å². The van der Waals surface area contributed by atoms with Gasteiger partial charge in [0.15, 0.2) is 0 Å². The van der Waals surface area contributed by atoms with Crippen LogP contribution in [0.1, 0.15) is 37.0 Å². The van der Waals surface area contributed by atoms with E-state index in [1.54, 1.807) is 6.20 Å². The molecule has 0 spiro atoms. The number of aliphatic hydroxyl groups excluding tert-OH is 1. The predicted molar refractivity (Wildman–Crippen MR) is 85.6 cm³/mol. The summed E-state index contributed by atoms with van der Waals surface area (Å²) in [5.74, 6) is 0. The van der Waals surface area contributed by atoms with Gasteiger partial charge < -0.3 is 5.11 Å². The monoisotopic (exact) mass is 401 g/mol. The third-order valence-corrected chi connectivity index (χ3v) is 4.20. The first kappa shape index (κ1) is 15.7. The lowest BCUT2D eigenvalue weighted by Crippen LogP contribution is -2.10. The molecular formula is C14H17Br2N3O. The summed E-state index contributed by atoms with van der Waals surface area (Å²) in [6, 6.07) is 3.94. The molecule has 2 heterocycles. The predicted octanol–water partition coefficient (Wildman–Crippen LogP) is 3.66. The maximum atomic E-state index is 10.4. The first-order valence-corrected chi connectivity index (χ1v) is 8.18. The number of pyridine rings is 1. The van der Waals surface area contributed by atoms with Crippen molar-refractivity contribution in [3.63, 3.8) is 0 Å². The van der Waals surface area contributed by atoms with Crippen LogP contribution >= 0.6 is 31.9 Å². The zero-order chi connectivity index (χ0) is 14.7. The number of aliphatic hydroxyl groups is 1. The van der Waals surface area contributed by atoms with Crippen LogP contribution in [0.3, 0.4) is 0 Å². The van der Waals surface area contributed by atoms with Crippen LogP contribution < -0.4 is 0 Å². The fraction of sp³-hybridized carbons (Fsp3) is 0.429. The second-order valence-corrected chi connectivity index (χ2v) is 6.31. The molecule has 20 heavy (non-hydrogen) atoms. The number of aromatic nitrogens is 3. The molecule has 0 bridgehead atoms. The molecule has 108 valence electrons. The zero-order valence-corrected chi connectivity index (χ0v) is 14.6. The first-order chi connectivity index (χ1) is 9.55. The van der Waals surface area contributed by atoms with Crippen LogP contribution in [0.5, 0.6) is 0 Å². The Balaban J connectivity index is 2.22. The minimum Gasteiger partial charge on any atom is -0.386 e. The molecule has 0 fully saturated rings. The van der Waals surface area contributed by atoms with Crippen molar-refractivity contribution in [2.75, 3.05) is 0 Å². The van der Waals surface area contributed by atoms with Gasteiger partial charge in [0.2, 0.25) is 0 Å². The van der Waals surface area contributed by atoms with Crippen molar-refractivity contribution in [1.82, 2.24) is 14.8 Å². The van der Waals surface area contributed by atoms with Crippen molar-refractivity contribution in [1.29, 1.82) is 0 Å². The molecule has 0 aromatic carbocycles. The van der Waals surface area contributed by atoms with E-state index < -0.39 is 6.10 Å². The van der Waals surface area contributed by atoms with Crippen LogP contribution in [0.15, 0.2) is 27.3 Å². The molecule has 2 aromatic rings. The van der Waals surface area contributed by atoms with Gasteiger partial charge in [0.1, 0.15) is 6.10 Å². The molecule has 0 aliphatic heterocycles. The Hall–Kier alpha value is -0.720. The van der Waals surface area contributed by atoms with Gasteiger partial charge in [-0.2, -0.15) is 5.10 Å². The lowest BCUT2D eigenvalue weighted by molar-refractivity contribution is 0.170. The summed E-state index contributed by atoms with van der Waals surface area (Å²) >= 11 is 6.80. The molecule has 0 aliphatic carbocycles. The maximum absolute atomic E-state index is 10.4. The molecule has 0 aliphatic rings. The van der Waals surface area contributed by atoms with Crippen LogP contribution in [-0.4, -0.2) is 19.9 Å². The average molecular weight is 403 g/mol. The Morgan fingerprint density at radius 3 is 2.65 bits per heavy atom. The minimum absolute atomic E-state index is 0.508. The van der Waals surface area contributed by atoms with Gasteiger partial charge in [-0.3, -0.25) is 9.67 Å². The summed E-state index contributed by atoms with van der Waals surface area (Å²) in [6.07, 6.45) is 2.45. The summed E-state index contributed by atoms with van der Waals surface area (Å²) in [5, 5.41) is 14.9. The molecule has 4 nitrogen and oxygen atoms in total. The van der Waals surface area contributed by atoms with Crippen LogP contribution in [0.2, 0.25) is 0 Å². The number of aryl methyl sites for hydroxylation is 2. The highest BCUT2D eigenvalue weighted by atomic mass is 79.9. The minimum atomic E-state index is -0.649. The number of halogens is 2. The summed E-state index contributed by atoms with van der Waals surface area (Å²) in [4.78, 5) is 4.28. The van der Waals surface area contributed by atoms with Gasteiger partial charge in [0.25, 0.3) is 0 Å². The van der Waals surface area contributed by atoms with Crippen LogP contribution in [0.4, 0.5) is 0 Å². The molecule has 1 unspecified atom stereocenters. The molecule has 2 aromatic heterocycles. The second kappa shape index (κ2) is 6.83. The highest BCUT2D eigenvalue weighted by Crippen LogP contribution is 2.26. The van der Waals surface area contributed by atoms with Gasteiger partial charge in [-0.25, -0.2) is 0 Å². The van der Waals surface area contributed by atoms with Crippen molar-refractivity contribution in [2.24, 2.45) is 0 Å². The lowest BCUT2D eigenvalue weighted by atomic mass is 10.1. The van der Waals surface area contributed by atoms with Crippen LogP contribution in [0.25, 0.3) is 0 Å². The summed E-state index contributed by atoms with van der Waals surface area (Å²) < 4.78 is 3.62. The molecule has 6 heteroatoms. The third-order valence-electron chi connectivity index (χ3n) is 3.13. The Bertz CT molecular complexity index is 598. The van der Waals surface area contributed by atoms with Gasteiger partial charge in [0, 0.05) is 33.8 Å². The zero-order valence-electron chi connectivity index (χ0n) is 11.5. The van der Waals surface area contributed by atoms with Crippen molar-refractivity contribution in [3.05, 3.63) is 44.4 Å². The van der Waals surface area contributed by atoms with E-state index in [0.29, 0.717) is 12.1 Å². The normalized spacial score (nSPS) is 12.7.